The van der Waals surface area contributed by atoms with Crippen LogP contribution in [0.4, 0.5) is 0 Å². The lowest BCUT2D eigenvalue weighted by Crippen LogP contribution is -2.47. The van der Waals surface area contributed by atoms with Gasteiger partial charge in [0.25, 0.3) is 0 Å². The van der Waals surface area contributed by atoms with Gasteiger partial charge in [0, 0.05) is 0 Å². The SMILES string of the molecule is CCCCCC1CCCC1(O)C(C)(C)CC. The highest BCUT2D eigenvalue weighted by atomic mass is 16.3. The Kier molecular flexibility index (Phi) is 4.85. The molecule has 0 aromatic rings. The zero-order valence-electron chi connectivity index (χ0n) is 11.7. The van der Waals surface area contributed by atoms with E-state index in [9.17, 15) is 5.11 Å². The van der Waals surface area contributed by atoms with Gasteiger partial charge in [-0.05, 0) is 37.0 Å². The zero-order chi connectivity index (χ0) is 12.2. The Morgan fingerprint density at radius 2 is 1.94 bits per heavy atom. The summed E-state index contributed by atoms with van der Waals surface area (Å²) < 4.78 is 0. The summed E-state index contributed by atoms with van der Waals surface area (Å²) in [6.45, 7) is 8.94. The molecule has 0 saturated heterocycles. The summed E-state index contributed by atoms with van der Waals surface area (Å²) >= 11 is 0. The molecule has 1 N–H and O–H groups in total. The van der Waals surface area contributed by atoms with Crippen molar-refractivity contribution in [2.75, 3.05) is 0 Å². The number of rotatable bonds is 6. The monoisotopic (exact) mass is 226 g/mol. The predicted molar refractivity (Wildman–Crippen MR) is 70.5 cm³/mol. The minimum Gasteiger partial charge on any atom is -0.389 e. The standard InChI is InChI=1S/C15H30O/c1-5-7-8-10-13-11-9-12-15(13,16)14(3,4)6-2/h13,16H,5-12H2,1-4H3. The van der Waals surface area contributed by atoms with Gasteiger partial charge in [-0.1, -0.05) is 53.4 Å². The highest BCUT2D eigenvalue weighted by Gasteiger charge is 2.50. The first-order valence-electron chi connectivity index (χ1n) is 7.20. The quantitative estimate of drug-likeness (QED) is 0.660. The minimum absolute atomic E-state index is 0.0837. The van der Waals surface area contributed by atoms with Gasteiger partial charge < -0.3 is 5.11 Å². The van der Waals surface area contributed by atoms with E-state index in [0.29, 0.717) is 5.92 Å². The second-order valence-electron chi connectivity index (χ2n) is 6.25. The molecule has 0 spiro atoms. The largest absolute Gasteiger partial charge is 0.389 e. The Hall–Kier alpha value is -0.0400. The highest BCUT2D eigenvalue weighted by Crippen LogP contribution is 2.50. The van der Waals surface area contributed by atoms with Crippen LogP contribution in [-0.4, -0.2) is 10.7 Å². The van der Waals surface area contributed by atoms with Crippen LogP contribution in [0.5, 0.6) is 0 Å². The molecule has 2 atom stereocenters. The first-order chi connectivity index (χ1) is 7.48. The lowest BCUT2D eigenvalue weighted by molar-refractivity contribution is -0.100. The predicted octanol–water partition coefficient (Wildman–Crippen LogP) is 4.53. The van der Waals surface area contributed by atoms with Gasteiger partial charge in [-0.3, -0.25) is 0 Å². The zero-order valence-corrected chi connectivity index (χ0v) is 11.7. The third-order valence-electron chi connectivity index (χ3n) is 5.00. The van der Waals surface area contributed by atoms with Crippen molar-refractivity contribution in [2.24, 2.45) is 11.3 Å². The van der Waals surface area contributed by atoms with Crippen LogP contribution in [0.15, 0.2) is 0 Å². The van der Waals surface area contributed by atoms with Crippen LogP contribution in [0.1, 0.15) is 79.1 Å². The maximum Gasteiger partial charge on any atom is 0.0726 e. The van der Waals surface area contributed by atoms with E-state index in [1.807, 2.05) is 0 Å². The summed E-state index contributed by atoms with van der Waals surface area (Å²) in [6.07, 6.45) is 9.68. The Bertz CT molecular complexity index is 209. The molecule has 16 heavy (non-hydrogen) atoms. The molecule has 0 aromatic heterocycles. The topological polar surface area (TPSA) is 20.2 Å². The van der Waals surface area contributed by atoms with Gasteiger partial charge in [-0.2, -0.15) is 0 Å². The van der Waals surface area contributed by atoms with E-state index in [-0.39, 0.29) is 5.41 Å². The summed E-state index contributed by atoms with van der Waals surface area (Å²) in [7, 11) is 0. The molecule has 1 aliphatic carbocycles. The van der Waals surface area contributed by atoms with Crippen LogP contribution >= 0.6 is 0 Å². The van der Waals surface area contributed by atoms with Crippen molar-refractivity contribution in [3.8, 4) is 0 Å². The van der Waals surface area contributed by atoms with Crippen LogP contribution in [0.25, 0.3) is 0 Å². The molecule has 0 aromatic carbocycles. The fourth-order valence-corrected chi connectivity index (χ4v) is 3.28. The lowest BCUT2D eigenvalue weighted by atomic mass is 9.66. The molecule has 1 aliphatic rings. The van der Waals surface area contributed by atoms with Crippen molar-refractivity contribution >= 4 is 0 Å². The Labute approximate surface area is 102 Å². The molecule has 0 bridgehead atoms. The van der Waals surface area contributed by atoms with Crippen LogP contribution in [0.3, 0.4) is 0 Å². The number of aliphatic hydroxyl groups is 1. The average Bonchev–Trinajstić information content (AvgIpc) is 2.63. The average molecular weight is 226 g/mol. The maximum absolute atomic E-state index is 11.0. The summed E-state index contributed by atoms with van der Waals surface area (Å²) in [5.41, 5.74) is -0.310. The third kappa shape index (κ3) is 2.61. The van der Waals surface area contributed by atoms with Gasteiger partial charge in [0.05, 0.1) is 5.60 Å². The summed E-state index contributed by atoms with van der Waals surface area (Å²) in [6, 6.07) is 0. The molecule has 0 radical (unpaired) electrons. The second-order valence-corrected chi connectivity index (χ2v) is 6.25. The molecular weight excluding hydrogens is 196 g/mol. The lowest BCUT2D eigenvalue weighted by Gasteiger charge is -2.44. The Balaban J connectivity index is 2.62. The molecule has 1 saturated carbocycles. The molecular formula is C15H30O. The van der Waals surface area contributed by atoms with Gasteiger partial charge in [-0.25, -0.2) is 0 Å². The second kappa shape index (κ2) is 5.53. The number of unbranched alkanes of at least 4 members (excludes halogenated alkanes) is 2. The number of hydrogen-bond acceptors (Lipinski definition) is 1. The normalized spacial score (nSPS) is 30.9. The van der Waals surface area contributed by atoms with E-state index < -0.39 is 5.60 Å². The van der Waals surface area contributed by atoms with E-state index in [1.165, 1.54) is 38.5 Å². The van der Waals surface area contributed by atoms with Gasteiger partial charge in [-0.15, -0.1) is 0 Å². The maximum atomic E-state index is 11.0. The van der Waals surface area contributed by atoms with Gasteiger partial charge >= 0.3 is 0 Å². The van der Waals surface area contributed by atoms with Crippen molar-refractivity contribution in [1.82, 2.24) is 0 Å². The molecule has 96 valence electrons. The van der Waals surface area contributed by atoms with E-state index >= 15 is 0 Å². The van der Waals surface area contributed by atoms with Crippen molar-refractivity contribution < 1.29 is 5.11 Å². The van der Waals surface area contributed by atoms with E-state index in [1.54, 1.807) is 0 Å². The van der Waals surface area contributed by atoms with Gasteiger partial charge in [0.1, 0.15) is 0 Å². The Morgan fingerprint density at radius 1 is 1.25 bits per heavy atom. The molecule has 1 rings (SSSR count). The summed E-state index contributed by atoms with van der Waals surface area (Å²) in [4.78, 5) is 0. The van der Waals surface area contributed by atoms with Crippen LogP contribution < -0.4 is 0 Å². The van der Waals surface area contributed by atoms with Gasteiger partial charge in [0.15, 0.2) is 0 Å². The molecule has 1 nitrogen and oxygen atoms in total. The van der Waals surface area contributed by atoms with Crippen LogP contribution in [0, 0.1) is 11.3 Å². The van der Waals surface area contributed by atoms with Crippen molar-refractivity contribution in [3.05, 3.63) is 0 Å². The van der Waals surface area contributed by atoms with Gasteiger partial charge in [0.2, 0.25) is 0 Å². The summed E-state index contributed by atoms with van der Waals surface area (Å²) in [5, 5.41) is 11.0. The first-order valence-corrected chi connectivity index (χ1v) is 7.20. The molecule has 1 fully saturated rings. The Morgan fingerprint density at radius 3 is 2.50 bits per heavy atom. The van der Waals surface area contributed by atoms with E-state index in [4.69, 9.17) is 0 Å². The van der Waals surface area contributed by atoms with Crippen LogP contribution in [-0.2, 0) is 0 Å². The molecule has 1 heteroatoms. The highest BCUT2D eigenvalue weighted by molar-refractivity contribution is 5.01. The first kappa shape index (κ1) is 14.0. The minimum atomic E-state index is -0.393. The molecule has 0 aliphatic heterocycles. The van der Waals surface area contributed by atoms with Crippen molar-refractivity contribution in [2.45, 2.75) is 84.7 Å². The smallest absolute Gasteiger partial charge is 0.0726 e. The van der Waals surface area contributed by atoms with Crippen LogP contribution in [0.2, 0.25) is 0 Å². The molecule has 0 amide bonds. The van der Waals surface area contributed by atoms with Crippen molar-refractivity contribution in [1.29, 1.82) is 0 Å². The molecule has 0 heterocycles. The van der Waals surface area contributed by atoms with E-state index in [0.717, 1.165) is 12.8 Å². The fraction of sp³-hybridized carbons (Fsp3) is 1.00. The van der Waals surface area contributed by atoms with E-state index in [2.05, 4.69) is 27.7 Å². The number of hydrogen-bond donors (Lipinski definition) is 1. The fourth-order valence-electron chi connectivity index (χ4n) is 3.28. The third-order valence-corrected chi connectivity index (χ3v) is 5.00. The summed E-state index contributed by atoms with van der Waals surface area (Å²) in [5.74, 6) is 0.550. The molecule has 2 unspecified atom stereocenters. The van der Waals surface area contributed by atoms with Crippen molar-refractivity contribution in [3.63, 3.8) is 0 Å².